The SMILES string of the molecule is CCCC/C=C\CCCCCCCC(=O)OC(COC(=O)CCCCCCCCCCCCCCC)COP(=O)(O)OCCN(C)C. The Balaban J connectivity index is 4.35. The molecule has 0 aromatic rings. The molecule has 0 radical (unpaired) electrons. The zero-order valence-corrected chi connectivity index (χ0v) is 31.6. The maximum Gasteiger partial charge on any atom is 0.472 e. The van der Waals surface area contributed by atoms with Gasteiger partial charge in [-0.3, -0.25) is 18.6 Å². The number of phosphoric ester groups is 1. The molecule has 0 heterocycles. The summed E-state index contributed by atoms with van der Waals surface area (Å²) in [6, 6.07) is 0. The number of carbonyl (C=O) groups is 2. The molecule has 278 valence electrons. The third-order valence-corrected chi connectivity index (χ3v) is 9.06. The van der Waals surface area contributed by atoms with Gasteiger partial charge in [0.05, 0.1) is 13.2 Å². The lowest BCUT2D eigenvalue weighted by atomic mass is 10.0. The summed E-state index contributed by atoms with van der Waals surface area (Å²) in [7, 11) is -0.707. The third-order valence-electron chi connectivity index (χ3n) is 8.07. The molecular weight excluding hydrogens is 617 g/mol. The number of unbranched alkanes of at least 4 members (excludes halogenated alkanes) is 19. The van der Waals surface area contributed by atoms with E-state index in [1.54, 1.807) is 0 Å². The molecule has 0 bridgehead atoms. The Morgan fingerprint density at radius 2 is 1.11 bits per heavy atom. The van der Waals surface area contributed by atoms with Gasteiger partial charge in [-0.25, -0.2) is 4.57 Å². The van der Waals surface area contributed by atoms with Crippen molar-refractivity contribution in [3.8, 4) is 0 Å². The lowest BCUT2D eigenvalue weighted by Crippen LogP contribution is -2.29. The summed E-state index contributed by atoms with van der Waals surface area (Å²) in [4.78, 5) is 36.8. The number of ether oxygens (including phenoxy) is 2. The predicted octanol–water partition coefficient (Wildman–Crippen LogP) is 10.1. The largest absolute Gasteiger partial charge is 0.472 e. The maximum atomic E-state index is 12.5. The topological polar surface area (TPSA) is 112 Å². The van der Waals surface area contributed by atoms with Gasteiger partial charge >= 0.3 is 19.8 Å². The van der Waals surface area contributed by atoms with Gasteiger partial charge in [-0.2, -0.15) is 0 Å². The van der Waals surface area contributed by atoms with Gasteiger partial charge in [-0.05, 0) is 46.2 Å². The number of likely N-dealkylation sites (N-methyl/N-ethyl adjacent to an activating group) is 1. The van der Waals surface area contributed by atoms with Crippen molar-refractivity contribution in [1.82, 2.24) is 4.90 Å². The van der Waals surface area contributed by atoms with E-state index in [2.05, 4.69) is 26.0 Å². The first-order valence-electron chi connectivity index (χ1n) is 19.0. The molecule has 1 N–H and O–H groups in total. The van der Waals surface area contributed by atoms with Crippen LogP contribution in [0.5, 0.6) is 0 Å². The summed E-state index contributed by atoms with van der Waals surface area (Å²) in [6.45, 7) is 4.27. The van der Waals surface area contributed by atoms with Gasteiger partial charge in [0, 0.05) is 19.4 Å². The van der Waals surface area contributed by atoms with Gasteiger partial charge in [-0.1, -0.05) is 135 Å². The molecule has 0 fully saturated rings. The van der Waals surface area contributed by atoms with E-state index >= 15 is 0 Å². The number of nitrogens with zero attached hydrogens (tertiary/aromatic N) is 1. The van der Waals surface area contributed by atoms with E-state index in [9.17, 15) is 19.0 Å². The number of carbonyl (C=O) groups excluding carboxylic acids is 2. The van der Waals surface area contributed by atoms with Crippen LogP contribution in [0.2, 0.25) is 0 Å². The standard InChI is InChI=1S/C37H72NO8P/c1-5-7-9-11-13-15-17-18-20-21-23-25-27-29-36(39)43-33-35(34-45-47(41,42)44-32-31-38(3)4)46-37(40)30-28-26-24-22-19-16-14-12-10-8-6-2/h12,14,35H,5-11,13,15-34H2,1-4H3,(H,41,42)/b14-12-. The number of allylic oxidation sites excluding steroid dienone is 2. The Kier molecular flexibility index (Phi) is 32.4. The smallest absolute Gasteiger partial charge is 0.462 e. The Hall–Kier alpha value is -1.25. The molecule has 2 unspecified atom stereocenters. The van der Waals surface area contributed by atoms with Crippen molar-refractivity contribution in [2.24, 2.45) is 0 Å². The Labute approximate surface area is 288 Å². The van der Waals surface area contributed by atoms with E-state index in [1.807, 2.05) is 19.0 Å². The lowest BCUT2D eigenvalue weighted by Gasteiger charge is -2.20. The van der Waals surface area contributed by atoms with Crippen LogP contribution in [0.15, 0.2) is 12.2 Å². The highest BCUT2D eigenvalue weighted by atomic mass is 31.2. The summed E-state index contributed by atoms with van der Waals surface area (Å²) >= 11 is 0. The molecule has 0 amide bonds. The minimum Gasteiger partial charge on any atom is -0.462 e. The summed E-state index contributed by atoms with van der Waals surface area (Å²) in [5.41, 5.74) is 0. The van der Waals surface area contributed by atoms with E-state index in [0.717, 1.165) is 57.8 Å². The van der Waals surface area contributed by atoms with Crippen molar-refractivity contribution in [1.29, 1.82) is 0 Å². The monoisotopic (exact) mass is 689 g/mol. The molecule has 10 heteroatoms. The molecule has 0 saturated carbocycles. The van der Waals surface area contributed by atoms with Crippen LogP contribution in [-0.4, -0.2) is 68.3 Å². The minimum absolute atomic E-state index is 0.00842. The van der Waals surface area contributed by atoms with Gasteiger partial charge in [-0.15, -0.1) is 0 Å². The fraction of sp³-hybridized carbons (Fsp3) is 0.892. The van der Waals surface area contributed by atoms with Crippen molar-refractivity contribution >= 4 is 19.8 Å². The quantitative estimate of drug-likeness (QED) is 0.0301. The lowest BCUT2D eigenvalue weighted by molar-refractivity contribution is -0.161. The first-order valence-corrected chi connectivity index (χ1v) is 20.5. The van der Waals surface area contributed by atoms with Gasteiger partial charge in [0.25, 0.3) is 0 Å². The average molecular weight is 690 g/mol. The normalized spacial score (nSPS) is 13.7. The van der Waals surface area contributed by atoms with E-state index in [0.29, 0.717) is 19.4 Å². The van der Waals surface area contributed by atoms with Gasteiger partial charge in [0.2, 0.25) is 0 Å². The van der Waals surface area contributed by atoms with Crippen LogP contribution in [0.1, 0.15) is 168 Å². The van der Waals surface area contributed by atoms with Crippen LogP contribution in [-0.2, 0) is 32.7 Å². The molecule has 2 atom stereocenters. The predicted molar refractivity (Wildman–Crippen MR) is 192 cm³/mol. The maximum absolute atomic E-state index is 12.5. The van der Waals surface area contributed by atoms with Crippen LogP contribution in [0.4, 0.5) is 0 Å². The Morgan fingerprint density at radius 1 is 0.638 bits per heavy atom. The van der Waals surface area contributed by atoms with Crippen molar-refractivity contribution in [3.63, 3.8) is 0 Å². The third kappa shape index (κ3) is 34.4. The van der Waals surface area contributed by atoms with Crippen molar-refractivity contribution in [3.05, 3.63) is 12.2 Å². The highest BCUT2D eigenvalue weighted by Gasteiger charge is 2.26. The molecular formula is C37H72NO8P. The molecule has 9 nitrogen and oxygen atoms in total. The van der Waals surface area contributed by atoms with Crippen LogP contribution in [0.3, 0.4) is 0 Å². The number of hydrogen-bond acceptors (Lipinski definition) is 8. The van der Waals surface area contributed by atoms with E-state index in [4.69, 9.17) is 18.5 Å². The van der Waals surface area contributed by atoms with Gasteiger partial charge in [0.15, 0.2) is 6.10 Å². The van der Waals surface area contributed by atoms with Gasteiger partial charge in [0.1, 0.15) is 6.61 Å². The molecule has 0 saturated heterocycles. The number of hydrogen-bond donors (Lipinski definition) is 1. The minimum atomic E-state index is -4.35. The number of esters is 2. The first kappa shape index (κ1) is 45.8. The molecule has 0 aliphatic heterocycles. The highest BCUT2D eigenvalue weighted by molar-refractivity contribution is 7.47. The summed E-state index contributed by atoms with van der Waals surface area (Å²) in [5.74, 6) is -0.810. The highest BCUT2D eigenvalue weighted by Crippen LogP contribution is 2.43. The Bertz CT molecular complexity index is 807. The molecule has 0 rings (SSSR count). The van der Waals surface area contributed by atoms with Crippen LogP contribution in [0.25, 0.3) is 0 Å². The average Bonchev–Trinajstić information content (AvgIpc) is 3.03. The van der Waals surface area contributed by atoms with E-state index < -0.39 is 26.5 Å². The molecule has 47 heavy (non-hydrogen) atoms. The van der Waals surface area contributed by atoms with Gasteiger partial charge < -0.3 is 19.3 Å². The zero-order valence-electron chi connectivity index (χ0n) is 30.7. The van der Waals surface area contributed by atoms with Crippen LogP contribution >= 0.6 is 7.82 Å². The van der Waals surface area contributed by atoms with Crippen molar-refractivity contribution < 1.29 is 37.6 Å². The molecule has 0 spiro atoms. The van der Waals surface area contributed by atoms with E-state index in [-0.39, 0.29) is 25.6 Å². The Morgan fingerprint density at radius 3 is 1.64 bits per heavy atom. The van der Waals surface area contributed by atoms with Crippen molar-refractivity contribution in [2.75, 3.05) is 40.5 Å². The summed E-state index contributed by atoms with van der Waals surface area (Å²) in [6.07, 6.45) is 29.7. The summed E-state index contributed by atoms with van der Waals surface area (Å²) < 4.78 is 33.3. The second-order valence-electron chi connectivity index (χ2n) is 13.1. The second kappa shape index (κ2) is 33.3. The van der Waals surface area contributed by atoms with Crippen molar-refractivity contribution in [2.45, 2.75) is 174 Å². The zero-order chi connectivity index (χ0) is 34.9. The van der Waals surface area contributed by atoms with Crippen LogP contribution in [0, 0.1) is 0 Å². The second-order valence-corrected chi connectivity index (χ2v) is 14.6. The fourth-order valence-corrected chi connectivity index (χ4v) is 5.82. The molecule has 0 aliphatic carbocycles. The first-order chi connectivity index (χ1) is 22.7. The molecule has 0 aromatic carbocycles. The van der Waals surface area contributed by atoms with E-state index in [1.165, 1.54) is 77.0 Å². The fourth-order valence-electron chi connectivity index (χ4n) is 5.08. The number of rotatable bonds is 35. The van der Waals surface area contributed by atoms with Crippen LogP contribution < -0.4 is 0 Å². The summed E-state index contributed by atoms with van der Waals surface area (Å²) in [5, 5.41) is 0. The number of phosphoric acid groups is 1. The molecule has 0 aliphatic rings. The molecule has 0 aromatic heterocycles.